The van der Waals surface area contributed by atoms with E-state index in [4.69, 9.17) is 0 Å². The van der Waals surface area contributed by atoms with Crippen LogP contribution in [0.15, 0.2) is 54.6 Å². The third kappa shape index (κ3) is 4.65. The summed E-state index contributed by atoms with van der Waals surface area (Å²) in [6.07, 6.45) is 0.215. The number of rotatable bonds is 4. The summed E-state index contributed by atoms with van der Waals surface area (Å²) < 4.78 is 4.60. The van der Waals surface area contributed by atoms with E-state index >= 15 is 0 Å². The van der Waals surface area contributed by atoms with Crippen LogP contribution in [0.2, 0.25) is 0 Å². The van der Waals surface area contributed by atoms with Gasteiger partial charge in [0.25, 0.3) is 0 Å². The number of hydrogen-bond donors (Lipinski definition) is 2. The number of hydrogen-bond acceptors (Lipinski definition) is 3. The molecular weight excluding hydrogens is 268 g/mol. The Hall–Kier alpha value is -2.82. The quantitative estimate of drug-likeness (QED) is 0.848. The van der Waals surface area contributed by atoms with Crippen LogP contribution in [0.3, 0.4) is 0 Å². The van der Waals surface area contributed by atoms with Gasteiger partial charge < -0.3 is 15.4 Å². The number of amides is 2. The molecule has 0 fully saturated rings. The van der Waals surface area contributed by atoms with Gasteiger partial charge in [0.1, 0.15) is 0 Å². The van der Waals surface area contributed by atoms with Gasteiger partial charge in [-0.2, -0.15) is 0 Å². The largest absolute Gasteiger partial charge is 0.469 e. The standard InChI is InChI=1S/C16H16N2O3/c1-21-15(19)11-12-7-9-14(10-8-12)18-16(20)17-13-5-3-2-4-6-13/h2-10H,11H2,1H3,(H2,17,18,20). The Morgan fingerprint density at radius 1 is 0.905 bits per heavy atom. The molecule has 108 valence electrons. The van der Waals surface area contributed by atoms with E-state index < -0.39 is 0 Å². The second-order valence-electron chi connectivity index (χ2n) is 4.39. The first-order valence-corrected chi connectivity index (χ1v) is 6.46. The predicted octanol–water partition coefficient (Wildman–Crippen LogP) is 3.05. The summed E-state index contributed by atoms with van der Waals surface area (Å²) in [4.78, 5) is 22.9. The topological polar surface area (TPSA) is 67.4 Å². The van der Waals surface area contributed by atoms with Crippen molar-refractivity contribution in [3.63, 3.8) is 0 Å². The molecule has 2 N–H and O–H groups in total. The van der Waals surface area contributed by atoms with Crippen LogP contribution in [-0.4, -0.2) is 19.1 Å². The molecule has 0 aliphatic carbocycles. The van der Waals surface area contributed by atoms with Crippen molar-refractivity contribution < 1.29 is 14.3 Å². The molecule has 0 aromatic heterocycles. The minimum atomic E-state index is -0.318. The zero-order valence-corrected chi connectivity index (χ0v) is 11.6. The van der Waals surface area contributed by atoms with Crippen LogP contribution in [0.1, 0.15) is 5.56 Å². The zero-order valence-electron chi connectivity index (χ0n) is 11.6. The predicted molar refractivity (Wildman–Crippen MR) is 81.2 cm³/mol. The van der Waals surface area contributed by atoms with Crippen LogP contribution >= 0.6 is 0 Å². The van der Waals surface area contributed by atoms with Gasteiger partial charge in [-0.15, -0.1) is 0 Å². The van der Waals surface area contributed by atoms with Gasteiger partial charge in [0.15, 0.2) is 0 Å². The molecule has 21 heavy (non-hydrogen) atoms. The van der Waals surface area contributed by atoms with Crippen molar-refractivity contribution in [2.45, 2.75) is 6.42 Å². The maximum atomic E-state index is 11.8. The van der Waals surface area contributed by atoms with Gasteiger partial charge in [-0.05, 0) is 29.8 Å². The van der Waals surface area contributed by atoms with Crippen LogP contribution in [0.25, 0.3) is 0 Å². The van der Waals surface area contributed by atoms with Gasteiger partial charge in [0.2, 0.25) is 0 Å². The lowest BCUT2D eigenvalue weighted by molar-refractivity contribution is -0.139. The lowest BCUT2D eigenvalue weighted by Crippen LogP contribution is -2.19. The molecule has 0 atom stereocenters. The zero-order chi connectivity index (χ0) is 15.1. The second kappa shape index (κ2) is 7.09. The van der Waals surface area contributed by atoms with E-state index in [1.165, 1.54) is 7.11 Å². The normalized spacial score (nSPS) is 9.76. The minimum absolute atomic E-state index is 0.215. The van der Waals surface area contributed by atoms with Gasteiger partial charge >= 0.3 is 12.0 Å². The molecule has 2 aromatic rings. The molecule has 0 spiro atoms. The van der Waals surface area contributed by atoms with E-state index in [1.807, 2.05) is 18.2 Å². The summed E-state index contributed by atoms with van der Waals surface area (Å²) in [6, 6.07) is 15.9. The summed E-state index contributed by atoms with van der Waals surface area (Å²) in [7, 11) is 1.35. The van der Waals surface area contributed by atoms with Crippen LogP contribution < -0.4 is 10.6 Å². The van der Waals surface area contributed by atoms with Crippen LogP contribution in [-0.2, 0) is 16.0 Å². The Morgan fingerprint density at radius 2 is 1.48 bits per heavy atom. The van der Waals surface area contributed by atoms with E-state index in [2.05, 4.69) is 15.4 Å². The van der Waals surface area contributed by atoms with Crippen molar-refractivity contribution in [2.24, 2.45) is 0 Å². The lowest BCUT2D eigenvalue weighted by Gasteiger charge is -2.08. The molecule has 0 radical (unpaired) electrons. The molecule has 2 rings (SSSR count). The van der Waals surface area contributed by atoms with Crippen LogP contribution in [0.5, 0.6) is 0 Å². The number of nitrogens with one attached hydrogen (secondary N) is 2. The number of carbonyl (C=O) groups is 2. The van der Waals surface area contributed by atoms with Gasteiger partial charge in [-0.25, -0.2) is 4.79 Å². The smallest absolute Gasteiger partial charge is 0.323 e. The number of para-hydroxylation sites is 1. The number of anilines is 2. The average molecular weight is 284 g/mol. The average Bonchev–Trinajstić information content (AvgIpc) is 2.50. The van der Waals surface area contributed by atoms with Gasteiger partial charge in [-0.3, -0.25) is 4.79 Å². The maximum absolute atomic E-state index is 11.8. The number of carbonyl (C=O) groups excluding carboxylic acids is 2. The number of ether oxygens (including phenoxy) is 1. The minimum Gasteiger partial charge on any atom is -0.469 e. The van der Waals surface area contributed by atoms with Gasteiger partial charge in [-0.1, -0.05) is 30.3 Å². The molecule has 0 heterocycles. The van der Waals surface area contributed by atoms with E-state index in [-0.39, 0.29) is 18.4 Å². The Morgan fingerprint density at radius 3 is 2.05 bits per heavy atom. The molecule has 0 aliphatic rings. The molecule has 0 bridgehead atoms. The molecule has 0 aliphatic heterocycles. The monoisotopic (exact) mass is 284 g/mol. The molecule has 2 amide bonds. The molecule has 2 aromatic carbocycles. The van der Waals surface area contributed by atoms with Crippen LogP contribution in [0.4, 0.5) is 16.2 Å². The van der Waals surface area contributed by atoms with Gasteiger partial charge in [0, 0.05) is 11.4 Å². The molecule has 0 saturated carbocycles. The summed E-state index contributed by atoms with van der Waals surface area (Å²) in [5, 5.41) is 5.44. The first kappa shape index (κ1) is 14.6. The SMILES string of the molecule is COC(=O)Cc1ccc(NC(=O)Nc2ccccc2)cc1. The Bertz CT molecular complexity index is 609. The van der Waals surface area contributed by atoms with Crippen molar-refractivity contribution in [2.75, 3.05) is 17.7 Å². The second-order valence-corrected chi connectivity index (χ2v) is 4.39. The van der Waals surface area contributed by atoms with Crippen molar-refractivity contribution in [3.05, 3.63) is 60.2 Å². The fourth-order valence-electron chi connectivity index (χ4n) is 1.76. The van der Waals surface area contributed by atoms with Crippen molar-refractivity contribution >= 4 is 23.4 Å². The lowest BCUT2D eigenvalue weighted by atomic mass is 10.1. The van der Waals surface area contributed by atoms with Gasteiger partial charge in [0.05, 0.1) is 13.5 Å². The first-order chi connectivity index (χ1) is 10.2. The first-order valence-electron chi connectivity index (χ1n) is 6.46. The Balaban J connectivity index is 1.91. The van der Waals surface area contributed by atoms with E-state index in [0.29, 0.717) is 5.69 Å². The fraction of sp³-hybridized carbons (Fsp3) is 0.125. The molecule has 5 nitrogen and oxygen atoms in total. The number of methoxy groups -OCH3 is 1. The van der Waals surface area contributed by atoms with Crippen molar-refractivity contribution in [1.82, 2.24) is 0 Å². The van der Waals surface area contributed by atoms with E-state index in [0.717, 1.165) is 11.3 Å². The Labute approximate surface area is 122 Å². The number of esters is 1. The molecule has 0 saturated heterocycles. The highest BCUT2D eigenvalue weighted by molar-refractivity contribution is 5.99. The fourth-order valence-corrected chi connectivity index (χ4v) is 1.76. The third-order valence-corrected chi connectivity index (χ3v) is 2.82. The summed E-state index contributed by atoms with van der Waals surface area (Å²) in [6.45, 7) is 0. The molecule has 0 unspecified atom stereocenters. The highest BCUT2D eigenvalue weighted by Crippen LogP contribution is 2.12. The van der Waals surface area contributed by atoms with Crippen molar-refractivity contribution in [1.29, 1.82) is 0 Å². The summed E-state index contributed by atoms with van der Waals surface area (Å²) in [5.74, 6) is -0.294. The number of benzene rings is 2. The highest BCUT2D eigenvalue weighted by atomic mass is 16.5. The highest BCUT2D eigenvalue weighted by Gasteiger charge is 2.04. The van der Waals surface area contributed by atoms with Crippen LogP contribution in [0, 0.1) is 0 Å². The Kier molecular flexibility index (Phi) is 4.93. The maximum Gasteiger partial charge on any atom is 0.323 e. The molecule has 5 heteroatoms. The molecular formula is C16H16N2O3. The number of urea groups is 1. The van der Waals surface area contributed by atoms with E-state index in [9.17, 15) is 9.59 Å². The summed E-state index contributed by atoms with van der Waals surface area (Å²) in [5.41, 5.74) is 2.20. The third-order valence-electron chi connectivity index (χ3n) is 2.82. The summed E-state index contributed by atoms with van der Waals surface area (Å²) >= 11 is 0. The van der Waals surface area contributed by atoms with E-state index in [1.54, 1.807) is 36.4 Å². The van der Waals surface area contributed by atoms with Crippen molar-refractivity contribution in [3.8, 4) is 0 Å².